The highest BCUT2D eigenvalue weighted by Gasteiger charge is 2.34. The molecule has 16 nitrogen and oxygen atoms in total. The number of aromatic nitrogens is 8. The van der Waals surface area contributed by atoms with Gasteiger partial charge in [-0.2, -0.15) is 0 Å². The Kier molecular flexibility index (Phi) is 12.4. The van der Waals surface area contributed by atoms with Crippen molar-refractivity contribution in [3.05, 3.63) is 82.1 Å². The van der Waals surface area contributed by atoms with Gasteiger partial charge in [-0.25, -0.2) is 29.9 Å². The second-order valence-electron chi connectivity index (χ2n) is 16.5. The number of carboxylic acids is 1. The normalized spacial score (nSPS) is 21.1. The van der Waals surface area contributed by atoms with Crippen molar-refractivity contribution in [2.24, 2.45) is 11.8 Å². The number of aliphatic carboxylic acids is 1. The first kappa shape index (κ1) is 42.9. The zero-order valence-corrected chi connectivity index (χ0v) is 35.9. The number of piperidine rings is 2. The van der Waals surface area contributed by atoms with Crippen LogP contribution in [0.5, 0.6) is 0 Å². The van der Waals surface area contributed by atoms with E-state index in [-0.39, 0.29) is 37.3 Å². The third kappa shape index (κ3) is 8.29. The number of amides is 1. The molecule has 10 heterocycles. The van der Waals surface area contributed by atoms with E-state index >= 15 is 0 Å². The molecule has 4 N–H and O–H groups in total. The van der Waals surface area contributed by atoms with Gasteiger partial charge in [0.1, 0.15) is 45.9 Å². The summed E-state index contributed by atoms with van der Waals surface area (Å²) in [6, 6.07) is 8.38. The first-order chi connectivity index (χ1) is 29.6. The van der Waals surface area contributed by atoms with Crippen molar-refractivity contribution >= 4 is 80.2 Å². The lowest BCUT2D eigenvalue weighted by Crippen LogP contribution is -2.44. The molecule has 4 atom stereocenters. The lowest BCUT2D eigenvalue weighted by molar-refractivity contribution is -0.142. The monoisotopic (exact) mass is 881 g/mol. The number of halogens is 2. The summed E-state index contributed by atoms with van der Waals surface area (Å²) < 4.78 is 0. The standard InChI is InChI=1S/C22H26ClN7O.C21H23ClN6O2.CH4/c1-13-8-17-16(11-30(13)18-9-19(23)28-20-15(18)5-6-25-20)21(27-12-26-17)29-7-3-4-14(10-29)22(31)24-2;1-12-7-16-15(10-28(12)17-8-18(22)26-19-14(17)4-5-23-19)20(25-11-24-16)27-6-2-3-13(9-27)21(29)30;/h5-6,9,12-14H,3-4,7-8,10-11H2,1-2H3,(H,24,31)(H,25,28);4-5,8,11-13H,2-3,6-7,9-10H2,1H3,(H,23,26)(H,29,30);1H4/t13-,14-;12-,13-;/m11./s1. The lowest BCUT2D eigenvalue weighted by atomic mass is 9.95. The number of aromatic amines is 2. The van der Waals surface area contributed by atoms with Gasteiger partial charge >= 0.3 is 5.97 Å². The van der Waals surface area contributed by atoms with Gasteiger partial charge in [-0.05, 0) is 63.8 Å². The number of carbonyl (C=O) groups is 2. The van der Waals surface area contributed by atoms with Gasteiger partial charge in [-0.3, -0.25) is 9.59 Å². The van der Waals surface area contributed by atoms with E-state index in [0.717, 1.165) is 113 Å². The number of nitrogens with zero attached hydrogens (tertiary/aromatic N) is 10. The number of nitrogens with one attached hydrogen (secondary N) is 3. The summed E-state index contributed by atoms with van der Waals surface area (Å²) in [4.78, 5) is 66.3. The van der Waals surface area contributed by atoms with Gasteiger partial charge in [0, 0.05) is 106 Å². The van der Waals surface area contributed by atoms with E-state index < -0.39 is 5.97 Å². The largest absolute Gasteiger partial charge is 0.481 e. The smallest absolute Gasteiger partial charge is 0.308 e. The van der Waals surface area contributed by atoms with Gasteiger partial charge < -0.3 is 40.0 Å². The van der Waals surface area contributed by atoms with E-state index in [2.05, 4.69) is 78.6 Å². The average Bonchev–Trinajstić information content (AvgIpc) is 3.95. The summed E-state index contributed by atoms with van der Waals surface area (Å²) in [5.41, 5.74) is 7.96. The Morgan fingerprint density at radius 1 is 0.742 bits per heavy atom. The minimum absolute atomic E-state index is 0. The molecule has 4 aliphatic heterocycles. The van der Waals surface area contributed by atoms with Crippen LogP contribution in [0, 0.1) is 11.8 Å². The van der Waals surface area contributed by atoms with E-state index in [1.54, 1.807) is 19.7 Å². The number of anilines is 4. The van der Waals surface area contributed by atoms with Crippen molar-refractivity contribution in [3.8, 4) is 0 Å². The van der Waals surface area contributed by atoms with Gasteiger partial charge in [0.05, 0.1) is 34.6 Å². The molecule has 6 aromatic heterocycles. The van der Waals surface area contributed by atoms with Crippen LogP contribution in [0.4, 0.5) is 23.0 Å². The van der Waals surface area contributed by atoms with Crippen LogP contribution >= 0.6 is 23.2 Å². The molecule has 0 aliphatic carbocycles. The minimum atomic E-state index is -0.737. The molecular formula is C44H53Cl2N13O3. The fourth-order valence-electron chi connectivity index (χ4n) is 9.59. The quantitative estimate of drug-likeness (QED) is 0.128. The summed E-state index contributed by atoms with van der Waals surface area (Å²) in [6.07, 6.45) is 12.1. The number of rotatable bonds is 6. The molecule has 0 spiro atoms. The fourth-order valence-corrected chi connectivity index (χ4v) is 9.96. The van der Waals surface area contributed by atoms with Gasteiger partial charge in [0.15, 0.2) is 0 Å². The number of carboxylic acid groups (broad SMARTS) is 1. The molecule has 0 radical (unpaired) electrons. The molecule has 2 saturated heterocycles. The molecule has 1 amide bonds. The molecule has 2 fully saturated rings. The maximum atomic E-state index is 12.2. The Labute approximate surface area is 370 Å². The fraction of sp³-hybridized carbons (Fsp3) is 0.455. The van der Waals surface area contributed by atoms with Crippen LogP contribution < -0.4 is 24.9 Å². The van der Waals surface area contributed by atoms with Crippen molar-refractivity contribution in [2.75, 3.05) is 52.8 Å². The SMILES string of the molecule is C.CNC(=O)[C@@H]1CCCN(c2ncnc3c2CN(c2cc(Cl)nc4[nH]ccc24)[C@H](C)C3)C1.C[C@@H]1Cc2ncnc(N3CCC[C@@H](C(=O)O)C3)c2CN1c1cc(Cl)nc2[nH]ccc12. The van der Waals surface area contributed by atoms with Crippen molar-refractivity contribution in [1.29, 1.82) is 0 Å². The van der Waals surface area contributed by atoms with E-state index in [1.165, 1.54) is 0 Å². The highest BCUT2D eigenvalue weighted by atomic mass is 35.5. The summed E-state index contributed by atoms with van der Waals surface area (Å²) in [7, 11) is 1.70. The number of H-pyrrole nitrogens is 2. The van der Waals surface area contributed by atoms with Crippen LogP contribution in [0.25, 0.3) is 22.1 Å². The van der Waals surface area contributed by atoms with Gasteiger partial charge in [0.25, 0.3) is 0 Å². The summed E-state index contributed by atoms with van der Waals surface area (Å²) in [5.74, 6) is 0.792. The van der Waals surface area contributed by atoms with Crippen LogP contribution in [-0.4, -0.2) is 102 Å². The van der Waals surface area contributed by atoms with Crippen molar-refractivity contribution in [2.45, 2.75) is 85.0 Å². The first-order valence-corrected chi connectivity index (χ1v) is 21.7. The van der Waals surface area contributed by atoms with Gasteiger partial charge in [0.2, 0.25) is 5.91 Å². The molecule has 0 aromatic carbocycles. The number of carbonyl (C=O) groups excluding carboxylic acids is 1. The number of fused-ring (bicyclic) bond motifs is 4. The minimum Gasteiger partial charge on any atom is -0.481 e. The second-order valence-corrected chi connectivity index (χ2v) is 17.3. The zero-order valence-electron chi connectivity index (χ0n) is 34.4. The predicted octanol–water partition coefficient (Wildman–Crippen LogP) is 6.81. The Hall–Kier alpha value is -5.74. The molecule has 0 saturated carbocycles. The van der Waals surface area contributed by atoms with E-state index in [1.807, 2.05) is 36.7 Å². The topological polar surface area (TPSA) is 188 Å². The predicted molar refractivity (Wildman–Crippen MR) is 243 cm³/mol. The molecule has 62 heavy (non-hydrogen) atoms. The summed E-state index contributed by atoms with van der Waals surface area (Å²) >= 11 is 12.6. The third-order valence-electron chi connectivity index (χ3n) is 12.7. The Morgan fingerprint density at radius 3 is 1.68 bits per heavy atom. The number of pyridine rings is 2. The molecule has 4 aliphatic rings. The van der Waals surface area contributed by atoms with Crippen LogP contribution in [0.15, 0.2) is 49.3 Å². The third-order valence-corrected chi connectivity index (χ3v) is 13.1. The van der Waals surface area contributed by atoms with Crippen molar-refractivity contribution in [3.63, 3.8) is 0 Å². The first-order valence-electron chi connectivity index (χ1n) is 21.0. The lowest BCUT2D eigenvalue weighted by Gasteiger charge is -2.39. The molecule has 0 bridgehead atoms. The van der Waals surface area contributed by atoms with E-state index in [0.29, 0.717) is 42.9 Å². The number of hydrogen-bond donors (Lipinski definition) is 4. The number of hydrogen-bond acceptors (Lipinski definition) is 12. The zero-order chi connectivity index (χ0) is 42.4. The average molecular weight is 883 g/mol. The van der Waals surface area contributed by atoms with Gasteiger partial charge in [-0.1, -0.05) is 30.6 Å². The molecule has 326 valence electrons. The molecule has 18 heteroatoms. The maximum Gasteiger partial charge on any atom is 0.308 e. The second kappa shape index (κ2) is 17.9. The van der Waals surface area contributed by atoms with Crippen LogP contribution in [0.1, 0.15) is 69.5 Å². The molecule has 0 unspecified atom stereocenters. The highest BCUT2D eigenvalue weighted by Crippen LogP contribution is 2.39. The van der Waals surface area contributed by atoms with E-state index in [9.17, 15) is 14.7 Å². The van der Waals surface area contributed by atoms with Crippen molar-refractivity contribution in [1.82, 2.24) is 45.2 Å². The molecule has 10 rings (SSSR count). The highest BCUT2D eigenvalue weighted by molar-refractivity contribution is 6.30. The summed E-state index contributed by atoms with van der Waals surface area (Å²) in [5, 5.41) is 15.3. The molecule has 6 aromatic rings. The van der Waals surface area contributed by atoms with Crippen LogP contribution in [0.3, 0.4) is 0 Å². The Balaban J connectivity index is 0.000000168. The van der Waals surface area contributed by atoms with Crippen LogP contribution in [-0.2, 0) is 35.5 Å². The summed E-state index contributed by atoms with van der Waals surface area (Å²) in [6.45, 7) is 8.59. The maximum absolute atomic E-state index is 12.2. The Bertz CT molecular complexity index is 2600. The van der Waals surface area contributed by atoms with E-state index in [4.69, 9.17) is 23.2 Å². The van der Waals surface area contributed by atoms with Crippen LogP contribution in [0.2, 0.25) is 10.3 Å². The Morgan fingerprint density at radius 2 is 1.21 bits per heavy atom. The molecular weight excluding hydrogens is 829 g/mol. The van der Waals surface area contributed by atoms with Gasteiger partial charge in [-0.15, -0.1) is 0 Å². The van der Waals surface area contributed by atoms with Crippen molar-refractivity contribution < 1.29 is 14.7 Å².